The smallest absolute Gasteiger partial charge is 0.195 e. The first-order chi connectivity index (χ1) is 10.1. The summed E-state index contributed by atoms with van der Waals surface area (Å²) in [6.45, 7) is 0. The van der Waals surface area contributed by atoms with E-state index in [9.17, 15) is 4.79 Å². The van der Waals surface area contributed by atoms with Gasteiger partial charge in [0, 0.05) is 38.4 Å². The van der Waals surface area contributed by atoms with Gasteiger partial charge >= 0.3 is 0 Å². The molecule has 3 N–H and O–H groups in total. The first-order valence-corrected chi connectivity index (χ1v) is 7.00. The number of nitriles is 1. The monoisotopic (exact) mass is 339 g/mol. The van der Waals surface area contributed by atoms with E-state index in [1.165, 1.54) is 0 Å². The molecule has 102 valence electrons. The summed E-state index contributed by atoms with van der Waals surface area (Å²) in [7, 11) is 0. The minimum atomic E-state index is -0.135. The van der Waals surface area contributed by atoms with Gasteiger partial charge in [-0.2, -0.15) is 5.26 Å². The van der Waals surface area contributed by atoms with E-state index in [0.717, 1.165) is 15.4 Å². The van der Waals surface area contributed by atoms with E-state index in [0.29, 0.717) is 22.4 Å². The number of aromatic amines is 1. The Bertz CT molecular complexity index is 885. The van der Waals surface area contributed by atoms with E-state index in [1.54, 1.807) is 42.6 Å². The van der Waals surface area contributed by atoms with Crippen LogP contribution in [0, 0.1) is 11.3 Å². The van der Waals surface area contributed by atoms with Gasteiger partial charge in [0.15, 0.2) is 5.78 Å². The Hall–Kier alpha value is -2.58. The molecule has 2 aromatic carbocycles. The average molecular weight is 340 g/mol. The number of carbonyl (C=O) groups excluding carboxylic acids is 1. The number of nitrogens with zero attached hydrogens (tertiary/aromatic N) is 1. The number of ketones is 1. The van der Waals surface area contributed by atoms with Crippen LogP contribution in [0.15, 0.2) is 47.1 Å². The van der Waals surface area contributed by atoms with Crippen molar-refractivity contribution in [2.45, 2.75) is 0 Å². The average Bonchev–Trinajstić information content (AvgIpc) is 2.88. The fourth-order valence-corrected chi connectivity index (χ4v) is 2.79. The summed E-state index contributed by atoms with van der Waals surface area (Å²) in [6.07, 6.45) is 1.66. The molecule has 1 heterocycles. The van der Waals surface area contributed by atoms with Gasteiger partial charge in [-0.3, -0.25) is 4.79 Å². The molecule has 0 bridgehead atoms. The predicted octanol–water partition coefficient (Wildman–Crippen LogP) is 3.62. The summed E-state index contributed by atoms with van der Waals surface area (Å²) in [5.41, 5.74) is 8.66. The lowest BCUT2D eigenvalue weighted by atomic mass is 10.0. The molecule has 3 aromatic rings. The van der Waals surface area contributed by atoms with Crippen molar-refractivity contribution in [2.24, 2.45) is 0 Å². The van der Waals surface area contributed by atoms with Gasteiger partial charge in [0.05, 0.1) is 11.6 Å². The molecule has 21 heavy (non-hydrogen) atoms. The summed E-state index contributed by atoms with van der Waals surface area (Å²) in [6, 6.07) is 12.4. The molecule has 3 rings (SSSR count). The highest BCUT2D eigenvalue weighted by atomic mass is 79.9. The van der Waals surface area contributed by atoms with E-state index in [4.69, 9.17) is 11.0 Å². The number of carbonyl (C=O) groups is 1. The Morgan fingerprint density at radius 1 is 1.24 bits per heavy atom. The number of aromatic nitrogens is 1. The SMILES string of the molecule is N#Cc1ccc2[nH]cc(C(=O)c3cc(N)cc(Br)c3)c2c1. The van der Waals surface area contributed by atoms with Gasteiger partial charge in [0.2, 0.25) is 0 Å². The van der Waals surface area contributed by atoms with E-state index in [2.05, 4.69) is 27.0 Å². The normalized spacial score (nSPS) is 10.5. The topological polar surface area (TPSA) is 82.7 Å². The van der Waals surface area contributed by atoms with Crippen molar-refractivity contribution in [1.29, 1.82) is 5.26 Å². The van der Waals surface area contributed by atoms with Crippen molar-refractivity contribution in [3.05, 3.63) is 63.8 Å². The minimum Gasteiger partial charge on any atom is -0.399 e. The third kappa shape index (κ3) is 2.41. The van der Waals surface area contributed by atoms with Crippen LogP contribution in [0.2, 0.25) is 0 Å². The molecule has 0 spiro atoms. The van der Waals surface area contributed by atoms with Crippen LogP contribution in [0.5, 0.6) is 0 Å². The van der Waals surface area contributed by atoms with Crippen molar-refractivity contribution in [3.63, 3.8) is 0 Å². The molecule has 0 fully saturated rings. The minimum absolute atomic E-state index is 0.135. The first kappa shape index (κ1) is 13.4. The largest absolute Gasteiger partial charge is 0.399 e. The Labute approximate surface area is 129 Å². The van der Waals surface area contributed by atoms with Gasteiger partial charge in [0.25, 0.3) is 0 Å². The second kappa shape index (κ2) is 5.08. The first-order valence-electron chi connectivity index (χ1n) is 6.20. The molecule has 0 atom stereocenters. The number of halogens is 1. The van der Waals surface area contributed by atoms with Crippen molar-refractivity contribution < 1.29 is 4.79 Å². The predicted molar refractivity (Wildman–Crippen MR) is 85.0 cm³/mol. The molecule has 0 radical (unpaired) electrons. The number of nitrogens with two attached hydrogens (primary N) is 1. The number of hydrogen-bond acceptors (Lipinski definition) is 3. The fourth-order valence-electron chi connectivity index (χ4n) is 2.28. The Morgan fingerprint density at radius 3 is 2.76 bits per heavy atom. The number of benzene rings is 2. The van der Waals surface area contributed by atoms with Crippen LogP contribution >= 0.6 is 15.9 Å². The number of nitrogens with one attached hydrogen (secondary N) is 1. The molecule has 0 unspecified atom stereocenters. The molecule has 0 aliphatic heterocycles. The maximum Gasteiger partial charge on any atom is 0.195 e. The standard InChI is InChI=1S/C16H10BrN3O/c17-11-4-10(5-12(19)6-11)16(21)14-8-20-15-2-1-9(7-18)3-13(14)15/h1-6,8,20H,19H2. The van der Waals surface area contributed by atoms with Crippen molar-refractivity contribution >= 4 is 38.3 Å². The number of hydrogen-bond donors (Lipinski definition) is 2. The van der Waals surface area contributed by atoms with Crippen LogP contribution in [0.4, 0.5) is 5.69 Å². The zero-order valence-corrected chi connectivity index (χ0v) is 12.4. The summed E-state index contributed by atoms with van der Waals surface area (Å²) in [5, 5.41) is 9.72. The molecule has 4 nitrogen and oxygen atoms in total. The Balaban J connectivity index is 2.15. The van der Waals surface area contributed by atoms with Crippen molar-refractivity contribution in [3.8, 4) is 6.07 Å². The molecule has 0 amide bonds. The van der Waals surface area contributed by atoms with E-state index in [-0.39, 0.29) is 5.78 Å². The highest BCUT2D eigenvalue weighted by molar-refractivity contribution is 9.10. The quantitative estimate of drug-likeness (QED) is 0.552. The molecular weight excluding hydrogens is 330 g/mol. The van der Waals surface area contributed by atoms with Crippen molar-refractivity contribution in [2.75, 3.05) is 5.73 Å². The van der Waals surface area contributed by atoms with Crippen LogP contribution in [0.3, 0.4) is 0 Å². The third-order valence-electron chi connectivity index (χ3n) is 3.24. The zero-order valence-electron chi connectivity index (χ0n) is 10.9. The van der Waals surface area contributed by atoms with Gasteiger partial charge in [0.1, 0.15) is 0 Å². The summed E-state index contributed by atoms with van der Waals surface area (Å²) in [4.78, 5) is 15.7. The molecule has 0 saturated heterocycles. The van der Waals surface area contributed by atoms with Crippen LogP contribution < -0.4 is 5.73 Å². The van der Waals surface area contributed by atoms with Gasteiger partial charge in [-0.05, 0) is 36.4 Å². The number of rotatable bonds is 2. The summed E-state index contributed by atoms with van der Waals surface area (Å²) in [5.74, 6) is -0.135. The summed E-state index contributed by atoms with van der Waals surface area (Å²) >= 11 is 3.33. The van der Waals surface area contributed by atoms with Crippen molar-refractivity contribution in [1.82, 2.24) is 4.98 Å². The Kier molecular flexibility index (Phi) is 3.24. The summed E-state index contributed by atoms with van der Waals surface area (Å²) < 4.78 is 0.753. The zero-order chi connectivity index (χ0) is 15.0. The molecule has 0 aliphatic carbocycles. The molecule has 0 saturated carbocycles. The lowest BCUT2D eigenvalue weighted by molar-refractivity contribution is 0.104. The van der Waals surface area contributed by atoms with E-state index < -0.39 is 0 Å². The van der Waals surface area contributed by atoms with E-state index >= 15 is 0 Å². The van der Waals surface area contributed by atoms with Gasteiger partial charge in [-0.15, -0.1) is 0 Å². The fraction of sp³-hybridized carbons (Fsp3) is 0. The highest BCUT2D eigenvalue weighted by Crippen LogP contribution is 2.25. The molecule has 0 aliphatic rings. The molecule has 1 aromatic heterocycles. The van der Waals surface area contributed by atoms with Crippen LogP contribution in [0.1, 0.15) is 21.5 Å². The number of nitrogen functional groups attached to an aromatic ring is 1. The van der Waals surface area contributed by atoms with Gasteiger partial charge in [-0.1, -0.05) is 15.9 Å². The van der Waals surface area contributed by atoms with Crippen LogP contribution in [-0.4, -0.2) is 10.8 Å². The third-order valence-corrected chi connectivity index (χ3v) is 3.70. The second-order valence-electron chi connectivity index (χ2n) is 4.68. The maximum atomic E-state index is 12.6. The van der Waals surface area contributed by atoms with Gasteiger partial charge < -0.3 is 10.7 Å². The maximum absolute atomic E-state index is 12.6. The lowest BCUT2D eigenvalue weighted by Gasteiger charge is -2.03. The second-order valence-corrected chi connectivity index (χ2v) is 5.59. The molecular formula is C16H10BrN3O. The Morgan fingerprint density at radius 2 is 2.05 bits per heavy atom. The molecule has 5 heteroatoms. The number of anilines is 1. The number of H-pyrrole nitrogens is 1. The van der Waals surface area contributed by atoms with Crippen LogP contribution in [0.25, 0.3) is 10.9 Å². The van der Waals surface area contributed by atoms with Crippen LogP contribution in [-0.2, 0) is 0 Å². The van der Waals surface area contributed by atoms with Gasteiger partial charge in [-0.25, -0.2) is 0 Å². The highest BCUT2D eigenvalue weighted by Gasteiger charge is 2.15. The lowest BCUT2D eigenvalue weighted by Crippen LogP contribution is -2.01. The number of fused-ring (bicyclic) bond motifs is 1. The van der Waals surface area contributed by atoms with E-state index in [1.807, 2.05) is 0 Å².